The Kier molecular flexibility index (Phi) is 6.71. The van der Waals surface area contributed by atoms with Crippen LogP contribution in [0.25, 0.3) is 0 Å². The first-order chi connectivity index (χ1) is 12.0. The molecule has 2 rings (SSSR count). The van der Waals surface area contributed by atoms with Crippen LogP contribution in [0.3, 0.4) is 0 Å². The first-order valence-electron chi connectivity index (χ1n) is 8.05. The van der Waals surface area contributed by atoms with Crippen LogP contribution in [0.4, 0.5) is 10.1 Å². The molecule has 0 radical (unpaired) electrons. The van der Waals surface area contributed by atoms with Gasteiger partial charge in [0.05, 0.1) is 6.54 Å². The number of nitrogens with one attached hydrogen (secondary N) is 1. The van der Waals surface area contributed by atoms with Gasteiger partial charge in [0.1, 0.15) is 18.2 Å². The monoisotopic (exact) mass is 342 g/mol. The first kappa shape index (κ1) is 18.7. The van der Waals surface area contributed by atoms with Crippen LogP contribution in [-0.2, 0) is 11.3 Å². The third-order valence-electron chi connectivity index (χ3n) is 3.63. The number of nitrogens with zero attached hydrogens (tertiary/aromatic N) is 1. The summed E-state index contributed by atoms with van der Waals surface area (Å²) in [6, 6.07) is 12.1. The van der Waals surface area contributed by atoms with Crippen LogP contribution in [-0.4, -0.2) is 31.0 Å². The predicted molar refractivity (Wildman–Crippen MR) is 98.2 cm³/mol. The van der Waals surface area contributed by atoms with Crippen molar-refractivity contribution in [3.8, 4) is 5.75 Å². The van der Waals surface area contributed by atoms with Gasteiger partial charge in [0.15, 0.2) is 0 Å². The van der Waals surface area contributed by atoms with Crippen LogP contribution >= 0.6 is 0 Å². The number of anilines is 1. The molecule has 0 aliphatic rings. The molecule has 4 nitrogen and oxygen atoms in total. The zero-order chi connectivity index (χ0) is 18.2. The second-order valence-electron chi connectivity index (χ2n) is 5.92. The van der Waals surface area contributed by atoms with E-state index in [2.05, 4.69) is 11.9 Å². The van der Waals surface area contributed by atoms with E-state index < -0.39 is 0 Å². The van der Waals surface area contributed by atoms with E-state index in [0.29, 0.717) is 18.8 Å². The molecule has 0 atom stereocenters. The molecule has 0 bridgehead atoms. The lowest BCUT2D eigenvalue weighted by Crippen LogP contribution is -2.30. The molecule has 132 valence electrons. The van der Waals surface area contributed by atoms with Gasteiger partial charge in [-0.1, -0.05) is 30.9 Å². The minimum Gasteiger partial charge on any atom is -0.490 e. The van der Waals surface area contributed by atoms with Gasteiger partial charge in [-0.2, -0.15) is 0 Å². The van der Waals surface area contributed by atoms with Gasteiger partial charge in [-0.25, -0.2) is 4.39 Å². The van der Waals surface area contributed by atoms with Crippen LogP contribution in [0.5, 0.6) is 5.75 Å². The van der Waals surface area contributed by atoms with Gasteiger partial charge in [0, 0.05) is 12.2 Å². The van der Waals surface area contributed by atoms with Crippen LogP contribution < -0.4 is 10.1 Å². The Balaban J connectivity index is 1.86. The quantitative estimate of drug-likeness (QED) is 0.743. The van der Waals surface area contributed by atoms with Crippen molar-refractivity contribution >= 4 is 11.6 Å². The largest absolute Gasteiger partial charge is 0.490 e. The molecule has 0 unspecified atom stereocenters. The van der Waals surface area contributed by atoms with E-state index in [0.717, 1.165) is 16.9 Å². The van der Waals surface area contributed by atoms with Gasteiger partial charge in [0.25, 0.3) is 0 Å². The number of rotatable bonds is 8. The van der Waals surface area contributed by atoms with E-state index in [1.165, 1.54) is 12.1 Å². The topological polar surface area (TPSA) is 41.6 Å². The molecule has 0 heterocycles. The standard InChI is InChI=1S/C20H23FN2O2/c1-4-11-25-18-9-6-16(7-10-18)13-23(3)14-20(24)22-19-12-17(21)8-5-15(19)2/h4-10,12H,1,11,13-14H2,2-3H3,(H,22,24). The van der Waals surface area contributed by atoms with Crippen molar-refractivity contribution in [2.75, 3.05) is 25.5 Å². The van der Waals surface area contributed by atoms with E-state index in [9.17, 15) is 9.18 Å². The third-order valence-corrected chi connectivity index (χ3v) is 3.63. The molecular weight excluding hydrogens is 319 g/mol. The predicted octanol–water partition coefficient (Wildman–Crippen LogP) is 3.77. The molecule has 0 fully saturated rings. The number of carbonyl (C=O) groups is 1. The SMILES string of the molecule is C=CCOc1ccc(CN(C)CC(=O)Nc2cc(F)ccc2C)cc1. The average molecular weight is 342 g/mol. The van der Waals surface area contributed by atoms with Gasteiger partial charge in [-0.15, -0.1) is 0 Å². The molecule has 2 aromatic carbocycles. The molecule has 1 N–H and O–H groups in total. The Morgan fingerprint density at radius 2 is 2.00 bits per heavy atom. The molecule has 0 aliphatic carbocycles. The smallest absolute Gasteiger partial charge is 0.238 e. The molecule has 0 saturated heterocycles. The van der Waals surface area contributed by atoms with Gasteiger partial charge < -0.3 is 10.1 Å². The maximum absolute atomic E-state index is 13.3. The lowest BCUT2D eigenvalue weighted by Gasteiger charge is -2.17. The number of hydrogen-bond donors (Lipinski definition) is 1. The molecule has 5 heteroatoms. The molecule has 2 aromatic rings. The van der Waals surface area contributed by atoms with Crippen molar-refractivity contribution in [3.63, 3.8) is 0 Å². The van der Waals surface area contributed by atoms with E-state index in [-0.39, 0.29) is 18.3 Å². The number of carbonyl (C=O) groups excluding carboxylic acids is 1. The van der Waals surface area contributed by atoms with Crippen LogP contribution in [0, 0.1) is 12.7 Å². The van der Waals surface area contributed by atoms with Crippen molar-refractivity contribution < 1.29 is 13.9 Å². The van der Waals surface area contributed by atoms with E-state index in [1.54, 1.807) is 12.1 Å². The molecule has 0 aromatic heterocycles. The highest BCUT2D eigenvalue weighted by Gasteiger charge is 2.10. The second-order valence-corrected chi connectivity index (χ2v) is 5.92. The summed E-state index contributed by atoms with van der Waals surface area (Å²) in [5, 5.41) is 2.75. The van der Waals surface area contributed by atoms with Gasteiger partial charge >= 0.3 is 0 Å². The van der Waals surface area contributed by atoms with E-state index in [1.807, 2.05) is 43.1 Å². The fraction of sp³-hybridized carbons (Fsp3) is 0.250. The summed E-state index contributed by atoms with van der Waals surface area (Å²) in [6.45, 7) is 6.74. The Morgan fingerprint density at radius 1 is 1.28 bits per heavy atom. The van der Waals surface area contributed by atoms with Crippen LogP contribution in [0.15, 0.2) is 55.1 Å². The Morgan fingerprint density at radius 3 is 2.68 bits per heavy atom. The maximum atomic E-state index is 13.3. The number of aryl methyl sites for hydroxylation is 1. The van der Waals surface area contributed by atoms with Gasteiger partial charge in [-0.05, 0) is 49.4 Å². The summed E-state index contributed by atoms with van der Waals surface area (Å²) in [7, 11) is 1.86. The third kappa shape index (κ3) is 6.04. The number of halogens is 1. The number of likely N-dealkylation sites (N-methyl/N-ethyl adjacent to an activating group) is 1. The highest BCUT2D eigenvalue weighted by molar-refractivity contribution is 5.92. The zero-order valence-electron chi connectivity index (χ0n) is 14.6. The van der Waals surface area contributed by atoms with Crippen molar-refractivity contribution in [2.24, 2.45) is 0 Å². The highest BCUT2D eigenvalue weighted by Crippen LogP contribution is 2.16. The van der Waals surface area contributed by atoms with E-state index in [4.69, 9.17) is 4.74 Å². The second kappa shape index (κ2) is 8.99. The van der Waals surface area contributed by atoms with Crippen molar-refractivity contribution in [2.45, 2.75) is 13.5 Å². The highest BCUT2D eigenvalue weighted by atomic mass is 19.1. The maximum Gasteiger partial charge on any atom is 0.238 e. The van der Waals surface area contributed by atoms with Gasteiger partial charge in [0.2, 0.25) is 5.91 Å². The lowest BCUT2D eigenvalue weighted by molar-refractivity contribution is -0.117. The number of benzene rings is 2. The molecule has 1 amide bonds. The van der Waals surface area contributed by atoms with Crippen molar-refractivity contribution in [3.05, 3.63) is 72.1 Å². The van der Waals surface area contributed by atoms with Crippen molar-refractivity contribution in [1.82, 2.24) is 4.90 Å². The Bertz CT molecular complexity index is 729. The lowest BCUT2D eigenvalue weighted by atomic mass is 10.2. The summed E-state index contributed by atoms with van der Waals surface area (Å²) in [6.07, 6.45) is 1.70. The minimum atomic E-state index is -0.368. The van der Waals surface area contributed by atoms with E-state index >= 15 is 0 Å². The molecule has 0 saturated carbocycles. The Hall–Kier alpha value is -2.66. The fourth-order valence-corrected chi connectivity index (χ4v) is 2.38. The minimum absolute atomic E-state index is 0.179. The number of ether oxygens (including phenoxy) is 1. The summed E-state index contributed by atoms with van der Waals surface area (Å²) in [4.78, 5) is 14.0. The fourth-order valence-electron chi connectivity index (χ4n) is 2.38. The van der Waals surface area contributed by atoms with Crippen molar-refractivity contribution in [1.29, 1.82) is 0 Å². The molecule has 25 heavy (non-hydrogen) atoms. The van der Waals surface area contributed by atoms with Crippen LogP contribution in [0.2, 0.25) is 0 Å². The Labute approximate surface area is 147 Å². The normalized spacial score (nSPS) is 10.6. The van der Waals surface area contributed by atoms with Gasteiger partial charge in [-0.3, -0.25) is 9.69 Å². The zero-order valence-corrected chi connectivity index (χ0v) is 14.6. The molecule has 0 aliphatic heterocycles. The summed E-state index contributed by atoms with van der Waals surface area (Å²) < 4.78 is 18.7. The first-order valence-corrected chi connectivity index (χ1v) is 8.05. The molecular formula is C20H23FN2O2. The summed E-state index contributed by atoms with van der Waals surface area (Å²) in [5.74, 6) is 0.237. The summed E-state index contributed by atoms with van der Waals surface area (Å²) >= 11 is 0. The summed E-state index contributed by atoms with van der Waals surface area (Å²) in [5.41, 5.74) is 2.40. The molecule has 0 spiro atoms. The number of amides is 1. The van der Waals surface area contributed by atoms with Crippen LogP contribution in [0.1, 0.15) is 11.1 Å². The average Bonchev–Trinajstić information content (AvgIpc) is 2.57. The number of hydrogen-bond acceptors (Lipinski definition) is 3.